The molecule has 2 nitrogen and oxygen atoms in total. The minimum atomic E-state index is 0. The number of allylic oxidation sites excluding steroid dienone is 1. The summed E-state index contributed by atoms with van der Waals surface area (Å²) in [4.78, 5) is 4.01. The van der Waals surface area contributed by atoms with Gasteiger partial charge in [0.05, 0.1) is 5.03 Å². The van der Waals surface area contributed by atoms with E-state index in [-0.39, 0.29) is 12.4 Å². The van der Waals surface area contributed by atoms with E-state index in [1.54, 1.807) is 6.92 Å². The number of hydrogen-bond acceptors (Lipinski definition) is 2. The molecule has 4 heteroatoms. The van der Waals surface area contributed by atoms with Crippen molar-refractivity contribution in [3.05, 3.63) is 11.3 Å². The van der Waals surface area contributed by atoms with E-state index < -0.39 is 0 Å². The third-order valence-corrected chi connectivity index (χ3v) is 0.320. The van der Waals surface area contributed by atoms with Crippen molar-refractivity contribution in [1.82, 2.24) is 0 Å². The quantitative estimate of drug-likeness (QED) is 0.445. The van der Waals surface area contributed by atoms with Crippen LogP contribution in [-0.2, 0) is 4.84 Å². The van der Waals surface area contributed by atoms with Crippen molar-refractivity contribution in [2.45, 2.75) is 6.92 Å². The molecule has 0 aliphatic heterocycles. The number of nitrogens with two attached hydrogens (primary N) is 1. The van der Waals surface area contributed by atoms with Gasteiger partial charge in [-0.25, -0.2) is 0 Å². The second-order valence-electron chi connectivity index (χ2n) is 0.841. The highest BCUT2D eigenvalue weighted by molar-refractivity contribution is 6.29. The van der Waals surface area contributed by atoms with E-state index in [0.29, 0.717) is 5.03 Å². The maximum absolute atomic E-state index is 5.23. The summed E-state index contributed by atoms with van der Waals surface area (Å²) in [5.41, 5.74) is 0. The first-order valence-electron chi connectivity index (χ1n) is 1.45. The largest absolute Gasteiger partial charge is 0.418 e. The Labute approximate surface area is 53.6 Å². The highest BCUT2D eigenvalue weighted by Gasteiger charge is 1.71. The van der Waals surface area contributed by atoms with Crippen LogP contribution in [0.2, 0.25) is 0 Å². The molecule has 0 amide bonds. The molecule has 0 aliphatic rings. The van der Waals surface area contributed by atoms with Gasteiger partial charge in [-0.05, 0) is 6.92 Å². The van der Waals surface area contributed by atoms with Crippen molar-refractivity contribution in [2.24, 2.45) is 5.90 Å². The van der Waals surface area contributed by atoms with Crippen LogP contribution in [-0.4, -0.2) is 0 Å². The standard InChI is InChI=1S/C3H6ClNO.ClH/c1-3(4)2-6-5;/h2H,5H2,1H3;1H. The van der Waals surface area contributed by atoms with Crippen LogP contribution in [0, 0.1) is 0 Å². The van der Waals surface area contributed by atoms with Gasteiger partial charge in [0.15, 0.2) is 0 Å². The molecule has 0 aromatic heterocycles. The van der Waals surface area contributed by atoms with E-state index in [2.05, 4.69) is 10.7 Å². The highest BCUT2D eigenvalue weighted by atomic mass is 35.5. The Kier molecular flexibility index (Phi) is 8.81. The monoisotopic (exact) mass is 143 g/mol. The van der Waals surface area contributed by atoms with Crippen LogP contribution in [0.4, 0.5) is 0 Å². The summed E-state index contributed by atoms with van der Waals surface area (Å²) in [5.74, 6) is 4.57. The van der Waals surface area contributed by atoms with E-state index in [0.717, 1.165) is 0 Å². The Balaban J connectivity index is 0. The van der Waals surface area contributed by atoms with Crippen LogP contribution >= 0.6 is 24.0 Å². The Hall–Kier alpha value is 0.0800. The first-order chi connectivity index (χ1) is 2.77. The molecule has 0 fully saturated rings. The second kappa shape index (κ2) is 6.08. The van der Waals surface area contributed by atoms with Crippen molar-refractivity contribution in [3.8, 4) is 0 Å². The van der Waals surface area contributed by atoms with Crippen LogP contribution in [0.1, 0.15) is 6.92 Å². The molecule has 0 spiro atoms. The van der Waals surface area contributed by atoms with Gasteiger partial charge in [0.25, 0.3) is 0 Å². The minimum absolute atomic E-state index is 0. The molecule has 2 N–H and O–H groups in total. The lowest BCUT2D eigenvalue weighted by molar-refractivity contribution is 0.260. The molecule has 0 aromatic rings. The fourth-order valence-corrected chi connectivity index (χ4v) is 0.145. The minimum Gasteiger partial charge on any atom is -0.418 e. The van der Waals surface area contributed by atoms with Gasteiger partial charge in [0.2, 0.25) is 0 Å². The van der Waals surface area contributed by atoms with Gasteiger partial charge >= 0.3 is 0 Å². The molecule has 0 unspecified atom stereocenters. The van der Waals surface area contributed by atoms with Gasteiger partial charge in [0.1, 0.15) is 6.26 Å². The third-order valence-electron chi connectivity index (χ3n) is 0.230. The molecule has 0 saturated carbocycles. The molecule has 0 saturated heterocycles. The average Bonchev–Trinajstić information content (AvgIpc) is 1.35. The predicted octanol–water partition coefficient (Wildman–Crippen LogP) is 1.40. The number of hydrogen-bond donors (Lipinski definition) is 1. The molecule has 44 valence electrons. The van der Waals surface area contributed by atoms with E-state index in [9.17, 15) is 0 Å². The lowest BCUT2D eigenvalue weighted by Crippen LogP contribution is -1.87. The maximum atomic E-state index is 5.23. The van der Waals surface area contributed by atoms with Gasteiger partial charge in [-0.15, -0.1) is 12.4 Å². The summed E-state index contributed by atoms with van der Waals surface area (Å²) in [7, 11) is 0. The van der Waals surface area contributed by atoms with Crippen LogP contribution in [0.3, 0.4) is 0 Å². The van der Waals surface area contributed by atoms with E-state index in [1.165, 1.54) is 6.26 Å². The zero-order valence-electron chi connectivity index (χ0n) is 3.85. The van der Waals surface area contributed by atoms with Crippen LogP contribution < -0.4 is 5.90 Å². The first kappa shape index (κ1) is 10.1. The molecule has 0 heterocycles. The van der Waals surface area contributed by atoms with Gasteiger partial charge in [-0.2, -0.15) is 5.90 Å². The van der Waals surface area contributed by atoms with Crippen LogP contribution in [0.5, 0.6) is 0 Å². The van der Waals surface area contributed by atoms with Gasteiger partial charge in [0, 0.05) is 0 Å². The summed E-state index contributed by atoms with van der Waals surface area (Å²) in [6, 6.07) is 0. The van der Waals surface area contributed by atoms with Crippen LogP contribution in [0.15, 0.2) is 11.3 Å². The summed E-state index contributed by atoms with van der Waals surface area (Å²) in [6.45, 7) is 1.68. The van der Waals surface area contributed by atoms with Crippen LogP contribution in [0.25, 0.3) is 0 Å². The normalized spacial score (nSPS) is 9.86. The molecule has 7 heavy (non-hydrogen) atoms. The fraction of sp³-hybridized carbons (Fsp3) is 0.333. The summed E-state index contributed by atoms with van der Waals surface area (Å²) in [6.07, 6.45) is 1.25. The maximum Gasteiger partial charge on any atom is 0.125 e. The van der Waals surface area contributed by atoms with Crippen molar-refractivity contribution in [2.75, 3.05) is 0 Å². The van der Waals surface area contributed by atoms with E-state index in [4.69, 9.17) is 11.6 Å². The second-order valence-corrected chi connectivity index (χ2v) is 1.44. The molecular formula is C3H7Cl2NO. The Morgan fingerprint density at radius 3 is 2.29 bits per heavy atom. The summed E-state index contributed by atoms with van der Waals surface area (Å²) >= 11 is 5.23. The first-order valence-corrected chi connectivity index (χ1v) is 1.83. The van der Waals surface area contributed by atoms with E-state index in [1.807, 2.05) is 0 Å². The Morgan fingerprint density at radius 2 is 2.29 bits per heavy atom. The van der Waals surface area contributed by atoms with E-state index >= 15 is 0 Å². The van der Waals surface area contributed by atoms with Gasteiger partial charge in [-0.1, -0.05) is 11.6 Å². The molecular weight excluding hydrogens is 137 g/mol. The molecule has 0 radical (unpaired) electrons. The lowest BCUT2D eigenvalue weighted by atomic mass is 10.7. The predicted molar refractivity (Wildman–Crippen MR) is 32.1 cm³/mol. The SMILES string of the molecule is CC(Cl)=CON.Cl. The average molecular weight is 144 g/mol. The third kappa shape index (κ3) is 10.7. The zero-order chi connectivity index (χ0) is 4.99. The van der Waals surface area contributed by atoms with Crippen molar-refractivity contribution in [3.63, 3.8) is 0 Å². The molecule has 0 aromatic carbocycles. The molecule has 0 bridgehead atoms. The van der Waals surface area contributed by atoms with Gasteiger partial charge < -0.3 is 4.84 Å². The topological polar surface area (TPSA) is 35.2 Å². The molecule has 0 atom stereocenters. The molecule has 0 aliphatic carbocycles. The smallest absolute Gasteiger partial charge is 0.125 e. The number of halogens is 2. The zero-order valence-corrected chi connectivity index (χ0v) is 5.42. The van der Waals surface area contributed by atoms with Crippen molar-refractivity contribution in [1.29, 1.82) is 0 Å². The summed E-state index contributed by atoms with van der Waals surface area (Å²) in [5, 5.41) is 0.539. The van der Waals surface area contributed by atoms with Gasteiger partial charge in [-0.3, -0.25) is 0 Å². The highest BCUT2D eigenvalue weighted by Crippen LogP contribution is 1.94. The van der Waals surface area contributed by atoms with Crippen molar-refractivity contribution < 1.29 is 4.84 Å². The number of rotatable bonds is 1. The fourth-order valence-electron chi connectivity index (χ4n) is 0.0938. The Morgan fingerprint density at radius 1 is 1.86 bits per heavy atom. The van der Waals surface area contributed by atoms with Crippen molar-refractivity contribution >= 4 is 24.0 Å². The Bertz CT molecular complexity index is 60.0. The molecule has 0 rings (SSSR count). The lowest BCUT2D eigenvalue weighted by Gasteiger charge is -1.82. The summed E-state index contributed by atoms with van der Waals surface area (Å²) < 4.78 is 0.